The van der Waals surface area contributed by atoms with Gasteiger partial charge in [-0.15, -0.1) is 0 Å². The minimum Gasteiger partial charge on any atom is -0.370 e. The van der Waals surface area contributed by atoms with E-state index in [2.05, 4.69) is 15.3 Å². The van der Waals surface area contributed by atoms with Gasteiger partial charge in [0.1, 0.15) is 16.8 Å². The number of benzene rings is 1. The maximum atomic E-state index is 5.94. The molecule has 1 aromatic carbocycles. The summed E-state index contributed by atoms with van der Waals surface area (Å²) in [5, 5.41) is 4.48. The minimum absolute atomic E-state index is 0.473. The molecule has 0 aliphatic rings. The van der Waals surface area contributed by atoms with Crippen molar-refractivity contribution in [3.8, 4) is 0 Å². The van der Waals surface area contributed by atoms with Crippen molar-refractivity contribution in [2.75, 3.05) is 11.9 Å². The summed E-state index contributed by atoms with van der Waals surface area (Å²) in [5.41, 5.74) is 1.23. The molecular formula is C14H15Cl2N3. The van der Waals surface area contributed by atoms with E-state index in [1.165, 1.54) is 5.56 Å². The summed E-state index contributed by atoms with van der Waals surface area (Å²) in [6, 6.07) is 9.58. The first kappa shape index (κ1) is 14.1. The average Bonchev–Trinajstić information content (AvgIpc) is 2.40. The highest BCUT2D eigenvalue weighted by molar-refractivity contribution is 6.30. The van der Waals surface area contributed by atoms with Crippen LogP contribution >= 0.6 is 23.2 Å². The third-order valence-corrected chi connectivity index (χ3v) is 3.14. The number of halogens is 2. The van der Waals surface area contributed by atoms with E-state index in [0.717, 1.165) is 36.1 Å². The molecule has 0 aliphatic heterocycles. The number of aromatic nitrogens is 2. The van der Waals surface area contributed by atoms with Gasteiger partial charge in [-0.1, -0.05) is 42.3 Å². The van der Waals surface area contributed by atoms with Crippen LogP contribution in [0.1, 0.15) is 18.3 Å². The first-order valence-electron chi connectivity index (χ1n) is 6.19. The van der Waals surface area contributed by atoms with Crippen molar-refractivity contribution < 1.29 is 0 Å². The molecule has 19 heavy (non-hydrogen) atoms. The second-order valence-corrected chi connectivity index (χ2v) is 4.97. The lowest BCUT2D eigenvalue weighted by atomic mass is 10.1. The van der Waals surface area contributed by atoms with Crippen molar-refractivity contribution in [2.24, 2.45) is 0 Å². The highest BCUT2D eigenvalue weighted by Crippen LogP contribution is 2.13. The Morgan fingerprint density at radius 1 is 1.11 bits per heavy atom. The Labute approximate surface area is 123 Å². The first-order valence-corrected chi connectivity index (χ1v) is 6.94. The fourth-order valence-electron chi connectivity index (χ4n) is 1.70. The summed E-state index contributed by atoms with van der Waals surface area (Å²) in [6.07, 6.45) is 1.67. The normalized spacial score (nSPS) is 10.5. The van der Waals surface area contributed by atoms with Gasteiger partial charge in [-0.3, -0.25) is 0 Å². The zero-order valence-electron chi connectivity index (χ0n) is 10.7. The zero-order chi connectivity index (χ0) is 13.7. The van der Waals surface area contributed by atoms with E-state index >= 15 is 0 Å². The highest BCUT2D eigenvalue weighted by atomic mass is 35.5. The van der Waals surface area contributed by atoms with Crippen LogP contribution in [-0.2, 0) is 12.8 Å². The van der Waals surface area contributed by atoms with Crippen molar-refractivity contribution in [3.63, 3.8) is 0 Å². The number of anilines is 1. The first-order chi connectivity index (χ1) is 9.17. The number of hydrogen-bond donors (Lipinski definition) is 1. The lowest BCUT2D eigenvalue weighted by Gasteiger charge is -2.07. The molecule has 1 N–H and O–H groups in total. The molecular weight excluding hydrogens is 281 g/mol. The second kappa shape index (κ2) is 6.73. The standard InChI is InChI=1S/C14H15Cl2N3/c1-2-13-18-12(16)9-14(19-13)17-8-7-10-3-5-11(15)6-4-10/h3-6,9H,2,7-8H2,1H3,(H,17,18,19). The van der Waals surface area contributed by atoms with Gasteiger partial charge in [0.05, 0.1) is 0 Å². The largest absolute Gasteiger partial charge is 0.370 e. The molecule has 0 bridgehead atoms. The highest BCUT2D eigenvalue weighted by Gasteiger charge is 2.01. The van der Waals surface area contributed by atoms with Crippen LogP contribution in [0.5, 0.6) is 0 Å². The van der Waals surface area contributed by atoms with Crippen LogP contribution in [0.3, 0.4) is 0 Å². The summed E-state index contributed by atoms with van der Waals surface area (Å²) in [6.45, 7) is 2.79. The lowest BCUT2D eigenvalue weighted by molar-refractivity contribution is 0.925. The topological polar surface area (TPSA) is 37.8 Å². The Hall–Kier alpha value is -1.32. The van der Waals surface area contributed by atoms with E-state index < -0.39 is 0 Å². The summed E-state index contributed by atoms with van der Waals surface area (Å²) >= 11 is 11.8. The fraction of sp³-hybridized carbons (Fsp3) is 0.286. The Kier molecular flexibility index (Phi) is 5.00. The van der Waals surface area contributed by atoms with Gasteiger partial charge in [0, 0.05) is 24.1 Å². The van der Waals surface area contributed by atoms with Gasteiger partial charge in [-0.25, -0.2) is 9.97 Å². The van der Waals surface area contributed by atoms with E-state index in [0.29, 0.717) is 5.15 Å². The molecule has 5 heteroatoms. The van der Waals surface area contributed by atoms with Gasteiger partial charge in [0.15, 0.2) is 0 Å². The van der Waals surface area contributed by atoms with Crippen molar-refractivity contribution in [2.45, 2.75) is 19.8 Å². The van der Waals surface area contributed by atoms with Crippen LogP contribution in [0.15, 0.2) is 30.3 Å². The van der Waals surface area contributed by atoms with Crippen molar-refractivity contribution in [1.29, 1.82) is 0 Å². The molecule has 0 saturated carbocycles. The Balaban J connectivity index is 1.92. The number of nitrogens with one attached hydrogen (secondary N) is 1. The number of nitrogens with zero attached hydrogens (tertiary/aromatic N) is 2. The van der Waals surface area contributed by atoms with Gasteiger partial charge in [0.25, 0.3) is 0 Å². The Bertz CT molecular complexity index is 541. The molecule has 0 radical (unpaired) electrons. The van der Waals surface area contributed by atoms with E-state index in [1.807, 2.05) is 31.2 Å². The zero-order valence-corrected chi connectivity index (χ0v) is 12.2. The molecule has 1 heterocycles. The molecule has 100 valence electrons. The van der Waals surface area contributed by atoms with Crippen LogP contribution in [0.4, 0.5) is 5.82 Å². The molecule has 0 atom stereocenters. The SMILES string of the molecule is CCc1nc(Cl)cc(NCCc2ccc(Cl)cc2)n1. The monoisotopic (exact) mass is 295 g/mol. The summed E-state index contributed by atoms with van der Waals surface area (Å²) in [5.74, 6) is 1.52. The summed E-state index contributed by atoms with van der Waals surface area (Å²) in [7, 11) is 0. The maximum Gasteiger partial charge on any atom is 0.134 e. The molecule has 3 nitrogen and oxygen atoms in total. The third-order valence-electron chi connectivity index (χ3n) is 2.69. The van der Waals surface area contributed by atoms with Gasteiger partial charge in [-0.2, -0.15) is 0 Å². The molecule has 0 amide bonds. The van der Waals surface area contributed by atoms with Gasteiger partial charge >= 0.3 is 0 Å². The van der Waals surface area contributed by atoms with Crippen molar-refractivity contribution in [3.05, 3.63) is 51.9 Å². The number of hydrogen-bond acceptors (Lipinski definition) is 3. The van der Waals surface area contributed by atoms with Crippen LogP contribution < -0.4 is 5.32 Å². The molecule has 2 aromatic rings. The van der Waals surface area contributed by atoms with E-state index in [9.17, 15) is 0 Å². The van der Waals surface area contributed by atoms with E-state index in [4.69, 9.17) is 23.2 Å². The molecule has 1 aromatic heterocycles. The molecule has 0 saturated heterocycles. The van der Waals surface area contributed by atoms with E-state index in [-0.39, 0.29) is 0 Å². The Morgan fingerprint density at radius 3 is 2.53 bits per heavy atom. The summed E-state index contributed by atoms with van der Waals surface area (Å²) in [4.78, 5) is 8.50. The average molecular weight is 296 g/mol. The van der Waals surface area contributed by atoms with Crippen LogP contribution in [0.2, 0.25) is 10.2 Å². The third kappa shape index (κ3) is 4.37. The molecule has 0 aliphatic carbocycles. The second-order valence-electron chi connectivity index (χ2n) is 4.15. The van der Waals surface area contributed by atoms with Gasteiger partial charge in [-0.05, 0) is 24.1 Å². The molecule has 0 unspecified atom stereocenters. The predicted molar refractivity (Wildman–Crippen MR) is 80.1 cm³/mol. The van der Waals surface area contributed by atoms with Crippen LogP contribution in [-0.4, -0.2) is 16.5 Å². The van der Waals surface area contributed by atoms with E-state index in [1.54, 1.807) is 6.07 Å². The molecule has 2 rings (SSSR count). The van der Waals surface area contributed by atoms with Crippen molar-refractivity contribution in [1.82, 2.24) is 9.97 Å². The lowest BCUT2D eigenvalue weighted by Crippen LogP contribution is -2.08. The predicted octanol–water partition coefficient (Wildman–Crippen LogP) is 4.00. The fourth-order valence-corrected chi connectivity index (χ4v) is 2.03. The smallest absolute Gasteiger partial charge is 0.134 e. The number of rotatable bonds is 5. The van der Waals surface area contributed by atoms with Gasteiger partial charge in [0.2, 0.25) is 0 Å². The maximum absolute atomic E-state index is 5.94. The van der Waals surface area contributed by atoms with Crippen molar-refractivity contribution >= 4 is 29.0 Å². The quantitative estimate of drug-likeness (QED) is 0.847. The summed E-state index contributed by atoms with van der Waals surface area (Å²) < 4.78 is 0. The number of aryl methyl sites for hydroxylation is 1. The molecule has 0 fully saturated rings. The van der Waals surface area contributed by atoms with Gasteiger partial charge < -0.3 is 5.32 Å². The minimum atomic E-state index is 0.473. The van der Waals surface area contributed by atoms with Crippen LogP contribution in [0, 0.1) is 0 Å². The van der Waals surface area contributed by atoms with Crippen LogP contribution in [0.25, 0.3) is 0 Å². The Morgan fingerprint density at radius 2 is 1.84 bits per heavy atom. The molecule has 0 spiro atoms.